The van der Waals surface area contributed by atoms with Crippen LogP contribution in [0.25, 0.3) is 0 Å². The van der Waals surface area contributed by atoms with E-state index in [-0.39, 0.29) is 0 Å². The molecule has 0 saturated heterocycles. The zero-order valence-corrected chi connectivity index (χ0v) is 12.3. The molecule has 0 fully saturated rings. The molecule has 0 unspecified atom stereocenters. The molecule has 0 amide bonds. The van der Waals surface area contributed by atoms with Gasteiger partial charge in [0.2, 0.25) is 0 Å². The zero-order chi connectivity index (χ0) is 15.2. The summed E-state index contributed by atoms with van der Waals surface area (Å²) >= 11 is 0. The number of hydrogen-bond acceptors (Lipinski definition) is 3. The van der Waals surface area contributed by atoms with Crippen molar-refractivity contribution in [2.75, 3.05) is 18.5 Å². The minimum Gasteiger partial charge on any atom is -0.490 e. The Morgan fingerprint density at radius 3 is 2.64 bits per heavy atom. The predicted octanol–water partition coefficient (Wildman–Crippen LogP) is 2.77. The summed E-state index contributed by atoms with van der Waals surface area (Å²) < 4.78 is 11.3. The summed E-state index contributed by atoms with van der Waals surface area (Å²) in [4.78, 5) is 4.33. The van der Waals surface area contributed by atoms with Crippen LogP contribution in [0.15, 0.2) is 53.5 Å². The van der Waals surface area contributed by atoms with Gasteiger partial charge in [-0.1, -0.05) is 30.3 Å². The van der Waals surface area contributed by atoms with Gasteiger partial charge in [-0.25, -0.2) is 4.99 Å². The first-order chi connectivity index (χ1) is 10.8. The maximum absolute atomic E-state index is 5.93. The highest BCUT2D eigenvalue weighted by Crippen LogP contribution is 2.32. The molecule has 0 radical (unpaired) electrons. The predicted molar refractivity (Wildman–Crippen MR) is 87.4 cm³/mol. The normalized spacial score (nSPS) is 14.3. The lowest BCUT2D eigenvalue weighted by atomic mass is 10.2. The Morgan fingerprint density at radius 2 is 1.82 bits per heavy atom. The van der Waals surface area contributed by atoms with E-state index in [0.717, 1.165) is 29.2 Å². The van der Waals surface area contributed by atoms with E-state index in [1.807, 2.05) is 48.5 Å². The van der Waals surface area contributed by atoms with Crippen molar-refractivity contribution in [2.45, 2.75) is 13.0 Å². The summed E-state index contributed by atoms with van der Waals surface area (Å²) in [6, 6.07) is 15.6. The quantitative estimate of drug-likeness (QED) is 0.675. The SMILES string of the molecule is NC(=NCc1ccccc1)Nc1ccc2c(c1)OCCCO2. The summed E-state index contributed by atoms with van der Waals surface area (Å²) in [6.45, 7) is 1.89. The summed E-state index contributed by atoms with van der Waals surface area (Å²) in [7, 11) is 0. The number of fused-ring (bicyclic) bond motifs is 1. The summed E-state index contributed by atoms with van der Waals surface area (Å²) in [5.41, 5.74) is 7.88. The first-order valence-corrected chi connectivity index (χ1v) is 7.32. The molecule has 0 atom stereocenters. The van der Waals surface area contributed by atoms with Gasteiger partial charge in [0.1, 0.15) is 0 Å². The van der Waals surface area contributed by atoms with Gasteiger partial charge in [-0.2, -0.15) is 0 Å². The molecule has 0 bridgehead atoms. The Kier molecular flexibility index (Phi) is 4.44. The Bertz CT molecular complexity index is 656. The Balaban J connectivity index is 1.66. The second-order valence-electron chi connectivity index (χ2n) is 5.02. The summed E-state index contributed by atoms with van der Waals surface area (Å²) in [5.74, 6) is 1.87. The number of nitrogens with two attached hydrogens (primary N) is 1. The number of aliphatic imine (C=N–C) groups is 1. The molecule has 1 aliphatic rings. The van der Waals surface area contributed by atoms with Gasteiger partial charge in [0.25, 0.3) is 0 Å². The molecule has 22 heavy (non-hydrogen) atoms. The molecule has 5 heteroatoms. The van der Waals surface area contributed by atoms with Crippen molar-refractivity contribution in [2.24, 2.45) is 10.7 Å². The van der Waals surface area contributed by atoms with Gasteiger partial charge in [-0.05, 0) is 17.7 Å². The minimum absolute atomic E-state index is 0.373. The second kappa shape index (κ2) is 6.85. The van der Waals surface area contributed by atoms with Crippen molar-refractivity contribution >= 4 is 11.6 Å². The number of nitrogens with zero attached hydrogens (tertiary/aromatic N) is 1. The van der Waals surface area contributed by atoms with Gasteiger partial charge in [-0.3, -0.25) is 0 Å². The molecule has 3 rings (SSSR count). The van der Waals surface area contributed by atoms with Crippen LogP contribution in [-0.2, 0) is 6.54 Å². The lowest BCUT2D eigenvalue weighted by Crippen LogP contribution is -2.22. The molecular formula is C17H19N3O2. The van der Waals surface area contributed by atoms with E-state index in [9.17, 15) is 0 Å². The van der Waals surface area contributed by atoms with Crippen LogP contribution in [-0.4, -0.2) is 19.2 Å². The molecule has 1 heterocycles. The first kappa shape index (κ1) is 14.3. The van der Waals surface area contributed by atoms with Crippen LogP contribution in [0.3, 0.4) is 0 Å². The van der Waals surface area contributed by atoms with Crippen molar-refractivity contribution < 1.29 is 9.47 Å². The first-order valence-electron chi connectivity index (χ1n) is 7.32. The highest BCUT2D eigenvalue weighted by Gasteiger charge is 2.10. The monoisotopic (exact) mass is 297 g/mol. The number of benzene rings is 2. The van der Waals surface area contributed by atoms with Crippen LogP contribution in [0.5, 0.6) is 11.5 Å². The molecule has 0 aromatic heterocycles. The number of anilines is 1. The van der Waals surface area contributed by atoms with Crippen LogP contribution in [0.2, 0.25) is 0 Å². The number of hydrogen-bond donors (Lipinski definition) is 2. The average Bonchev–Trinajstić information content (AvgIpc) is 2.79. The molecule has 5 nitrogen and oxygen atoms in total. The topological polar surface area (TPSA) is 68.9 Å². The van der Waals surface area contributed by atoms with Crippen LogP contribution < -0.4 is 20.5 Å². The fraction of sp³-hybridized carbons (Fsp3) is 0.235. The van der Waals surface area contributed by atoms with Crippen LogP contribution >= 0.6 is 0 Å². The van der Waals surface area contributed by atoms with Crippen molar-refractivity contribution in [1.29, 1.82) is 0 Å². The van der Waals surface area contributed by atoms with E-state index in [1.165, 1.54) is 0 Å². The highest BCUT2D eigenvalue weighted by atomic mass is 16.5. The van der Waals surface area contributed by atoms with Crippen molar-refractivity contribution in [3.8, 4) is 11.5 Å². The third-order valence-electron chi connectivity index (χ3n) is 3.29. The third kappa shape index (κ3) is 3.69. The smallest absolute Gasteiger partial charge is 0.193 e. The standard InChI is InChI=1S/C17H19N3O2/c18-17(19-12-13-5-2-1-3-6-13)20-14-7-8-15-16(11-14)22-10-4-9-21-15/h1-3,5-8,11H,4,9-10,12H2,(H3,18,19,20). The van der Waals surface area contributed by atoms with E-state index >= 15 is 0 Å². The average molecular weight is 297 g/mol. The molecule has 2 aromatic carbocycles. The number of rotatable bonds is 3. The number of guanidine groups is 1. The lowest BCUT2D eigenvalue weighted by Gasteiger charge is -2.10. The fourth-order valence-electron chi connectivity index (χ4n) is 2.19. The van der Waals surface area contributed by atoms with E-state index in [1.54, 1.807) is 0 Å². The molecule has 0 spiro atoms. The van der Waals surface area contributed by atoms with E-state index in [2.05, 4.69) is 10.3 Å². The summed E-state index contributed by atoms with van der Waals surface area (Å²) in [5, 5.41) is 3.07. The molecule has 1 aliphatic heterocycles. The van der Waals surface area contributed by atoms with Gasteiger partial charge < -0.3 is 20.5 Å². The molecule has 3 N–H and O–H groups in total. The molecule has 0 saturated carbocycles. The second-order valence-corrected chi connectivity index (χ2v) is 5.02. The Hall–Kier alpha value is -2.69. The Morgan fingerprint density at radius 1 is 1.05 bits per heavy atom. The van der Waals surface area contributed by atoms with Gasteiger partial charge in [0.05, 0.1) is 19.8 Å². The van der Waals surface area contributed by atoms with Gasteiger partial charge in [0, 0.05) is 18.2 Å². The molecule has 114 valence electrons. The maximum atomic E-state index is 5.93. The lowest BCUT2D eigenvalue weighted by molar-refractivity contribution is 0.297. The maximum Gasteiger partial charge on any atom is 0.193 e. The number of nitrogens with one attached hydrogen (secondary N) is 1. The molecular weight excluding hydrogens is 278 g/mol. The highest BCUT2D eigenvalue weighted by molar-refractivity contribution is 5.92. The molecule has 2 aromatic rings. The van der Waals surface area contributed by atoms with E-state index in [0.29, 0.717) is 25.7 Å². The van der Waals surface area contributed by atoms with Crippen molar-refractivity contribution in [3.63, 3.8) is 0 Å². The van der Waals surface area contributed by atoms with Crippen LogP contribution in [0.1, 0.15) is 12.0 Å². The van der Waals surface area contributed by atoms with Crippen LogP contribution in [0, 0.1) is 0 Å². The van der Waals surface area contributed by atoms with Crippen molar-refractivity contribution in [1.82, 2.24) is 0 Å². The van der Waals surface area contributed by atoms with Crippen molar-refractivity contribution in [3.05, 3.63) is 54.1 Å². The van der Waals surface area contributed by atoms with E-state index < -0.39 is 0 Å². The van der Waals surface area contributed by atoms with Gasteiger partial charge in [0.15, 0.2) is 17.5 Å². The largest absolute Gasteiger partial charge is 0.490 e. The van der Waals surface area contributed by atoms with Gasteiger partial charge >= 0.3 is 0 Å². The van der Waals surface area contributed by atoms with Gasteiger partial charge in [-0.15, -0.1) is 0 Å². The fourth-order valence-corrected chi connectivity index (χ4v) is 2.19. The Labute approximate surface area is 129 Å². The van der Waals surface area contributed by atoms with E-state index in [4.69, 9.17) is 15.2 Å². The molecule has 0 aliphatic carbocycles. The summed E-state index contributed by atoms with van der Waals surface area (Å²) in [6.07, 6.45) is 0.887. The minimum atomic E-state index is 0.373. The third-order valence-corrected chi connectivity index (χ3v) is 3.29. The van der Waals surface area contributed by atoms with Crippen LogP contribution in [0.4, 0.5) is 5.69 Å². The zero-order valence-electron chi connectivity index (χ0n) is 12.3. The number of ether oxygens (including phenoxy) is 2.